The van der Waals surface area contributed by atoms with Gasteiger partial charge in [0.25, 0.3) is 5.91 Å². The Morgan fingerprint density at radius 2 is 2.00 bits per heavy atom. The Hall–Kier alpha value is -3.49. The number of alkyl halides is 4. The number of carbonyl (C=O) groups excluding carboxylic acids is 1. The molecule has 4 rings (SSSR count). The number of piperidine rings is 1. The van der Waals surface area contributed by atoms with Crippen molar-refractivity contribution >= 4 is 38.7 Å². The van der Waals surface area contributed by atoms with Crippen LogP contribution in [0.25, 0.3) is 10.1 Å². The van der Waals surface area contributed by atoms with Gasteiger partial charge in [-0.3, -0.25) is 4.79 Å². The van der Waals surface area contributed by atoms with Gasteiger partial charge in [0.2, 0.25) is 0 Å². The normalized spacial score (nSPS) is 17.7. The number of amides is 1. The monoisotopic (exact) mass is 590 g/mol. The largest absolute Gasteiger partial charge is 0.495 e. The zero-order valence-corrected chi connectivity index (χ0v) is 24.2. The molecule has 1 amide bonds. The van der Waals surface area contributed by atoms with E-state index in [0.29, 0.717) is 50.6 Å². The van der Waals surface area contributed by atoms with Crippen LogP contribution in [0.5, 0.6) is 5.75 Å². The quantitative estimate of drug-likeness (QED) is 0.220. The standard InChI is InChI=1S/C30H34F4N4O2S/c1-18(2)36-29(39)19-10-11-26(40-4)25(15-19)35-13-6-9-27-21(16-30(32,33)34)20-7-5-8-24(28(20)41-27)37-23-12-14-38(3)17-22(23)31/h5,7-8,10-11,15,18,22-23,35,37H,12-14,16-17H2,1-4H3,(H,36,39). The van der Waals surface area contributed by atoms with E-state index in [1.165, 1.54) is 18.4 Å². The Morgan fingerprint density at radius 1 is 1.22 bits per heavy atom. The summed E-state index contributed by atoms with van der Waals surface area (Å²) in [6.07, 6.45) is -6.03. The molecule has 2 aromatic carbocycles. The number of fused-ring (bicyclic) bond motifs is 1. The first kappa shape index (κ1) is 30.5. The minimum absolute atomic E-state index is 0.0300. The number of anilines is 2. The molecule has 0 spiro atoms. The summed E-state index contributed by atoms with van der Waals surface area (Å²) in [7, 11) is 3.37. The third kappa shape index (κ3) is 7.83. The second-order valence-electron chi connectivity index (χ2n) is 10.4. The van der Waals surface area contributed by atoms with Gasteiger partial charge in [0.05, 0.1) is 47.1 Å². The van der Waals surface area contributed by atoms with Gasteiger partial charge in [0.1, 0.15) is 11.9 Å². The van der Waals surface area contributed by atoms with Crippen molar-refractivity contribution in [1.82, 2.24) is 10.2 Å². The molecule has 1 aliphatic heterocycles. The van der Waals surface area contributed by atoms with Gasteiger partial charge in [-0.25, -0.2) is 4.39 Å². The fourth-order valence-corrected chi connectivity index (χ4v) is 5.95. The highest BCUT2D eigenvalue weighted by Gasteiger charge is 2.32. The molecule has 11 heteroatoms. The van der Waals surface area contributed by atoms with Gasteiger partial charge in [-0.1, -0.05) is 24.0 Å². The summed E-state index contributed by atoms with van der Waals surface area (Å²) >= 11 is 1.17. The summed E-state index contributed by atoms with van der Waals surface area (Å²) in [5, 5.41) is 9.64. The maximum atomic E-state index is 14.7. The number of nitrogens with zero attached hydrogens (tertiary/aromatic N) is 1. The van der Waals surface area contributed by atoms with Gasteiger partial charge in [-0.2, -0.15) is 13.2 Å². The number of nitrogens with one attached hydrogen (secondary N) is 3. The number of likely N-dealkylation sites (tertiary alicyclic amines) is 1. The average molecular weight is 591 g/mol. The molecule has 6 nitrogen and oxygen atoms in total. The zero-order chi connectivity index (χ0) is 29.7. The lowest BCUT2D eigenvalue weighted by atomic mass is 10.0. The van der Waals surface area contributed by atoms with Crippen molar-refractivity contribution in [3.63, 3.8) is 0 Å². The second-order valence-corrected chi connectivity index (χ2v) is 11.4. The number of thiophene rings is 1. The van der Waals surface area contributed by atoms with E-state index in [0.717, 1.165) is 6.54 Å². The average Bonchev–Trinajstić information content (AvgIpc) is 3.24. The number of ether oxygens (including phenoxy) is 1. The molecule has 1 aliphatic rings. The molecule has 220 valence electrons. The van der Waals surface area contributed by atoms with Crippen LogP contribution in [0, 0.1) is 11.8 Å². The van der Waals surface area contributed by atoms with Gasteiger partial charge < -0.3 is 25.6 Å². The minimum atomic E-state index is -4.42. The lowest BCUT2D eigenvalue weighted by Crippen LogP contribution is -2.46. The SMILES string of the molecule is COc1ccc(C(=O)NC(C)C)cc1NCC#Cc1sc2c(NC3CCN(C)CC3F)cccc2c1CC(F)(F)F. The van der Waals surface area contributed by atoms with Crippen LogP contribution < -0.4 is 20.7 Å². The first-order valence-corrected chi connectivity index (χ1v) is 14.2. The Balaban J connectivity index is 1.59. The Morgan fingerprint density at radius 3 is 2.68 bits per heavy atom. The van der Waals surface area contributed by atoms with Crippen molar-refractivity contribution < 1.29 is 27.1 Å². The molecule has 0 radical (unpaired) electrons. The molecule has 2 atom stereocenters. The van der Waals surface area contributed by atoms with Crippen molar-refractivity contribution in [2.75, 3.05) is 44.4 Å². The molecule has 3 aromatic rings. The highest BCUT2D eigenvalue weighted by molar-refractivity contribution is 7.20. The molecular formula is C30H34F4N4O2S. The van der Waals surface area contributed by atoms with Crippen molar-refractivity contribution in [2.45, 2.75) is 51.1 Å². The minimum Gasteiger partial charge on any atom is -0.495 e. The van der Waals surface area contributed by atoms with Crippen LogP contribution in [-0.2, 0) is 6.42 Å². The maximum Gasteiger partial charge on any atom is 0.393 e. The van der Waals surface area contributed by atoms with E-state index in [-0.39, 0.29) is 24.1 Å². The molecule has 3 N–H and O–H groups in total. The molecule has 2 heterocycles. The highest BCUT2D eigenvalue weighted by atomic mass is 32.1. The number of rotatable bonds is 8. The molecule has 2 unspecified atom stereocenters. The van der Waals surface area contributed by atoms with Gasteiger partial charge in [0.15, 0.2) is 0 Å². The summed E-state index contributed by atoms with van der Waals surface area (Å²) < 4.78 is 61.5. The highest BCUT2D eigenvalue weighted by Crippen LogP contribution is 2.39. The van der Waals surface area contributed by atoms with Crippen LogP contribution in [0.3, 0.4) is 0 Å². The predicted octanol–water partition coefficient (Wildman–Crippen LogP) is 6.07. The number of halogens is 4. The number of benzene rings is 2. The van der Waals surface area contributed by atoms with Crippen molar-refractivity contribution in [3.05, 3.63) is 52.4 Å². The second kappa shape index (κ2) is 13.0. The fraction of sp³-hybridized carbons (Fsp3) is 0.433. The van der Waals surface area contributed by atoms with Crippen molar-refractivity contribution in [2.24, 2.45) is 0 Å². The number of methoxy groups -OCH3 is 1. The van der Waals surface area contributed by atoms with E-state index in [9.17, 15) is 22.4 Å². The van der Waals surface area contributed by atoms with E-state index in [2.05, 4.69) is 27.8 Å². The maximum absolute atomic E-state index is 14.7. The van der Waals surface area contributed by atoms with Gasteiger partial charge in [-0.15, -0.1) is 11.3 Å². The van der Waals surface area contributed by atoms with Crippen LogP contribution in [0.15, 0.2) is 36.4 Å². The summed E-state index contributed by atoms with van der Waals surface area (Å²) in [5.74, 6) is 6.11. The van der Waals surface area contributed by atoms with Gasteiger partial charge in [0, 0.05) is 24.7 Å². The summed E-state index contributed by atoms with van der Waals surface area (Å²) in [6, 6.07) is 9.62. The summed E-state index contributed by atoms with van der Waals surface area (Å²) in [4.78, 5) is 14.6. The molecule has 1 saturated heterocycles. The van der Waals surface area contributed by atoms with E-state index in [1.54, 1.807) is 36.4 Å². The summed E-state index contributed by atoms with van der Waals surface area (Å²) in [6.45, 7) is 4.87. The number of carbonyl (C=O) groups is 1. The number of hydrogen-bond donors (Lipinski definition) is 3. The van der Waals surface area contributed by atoms with Crippen LogP contribution in [0.4, 0.5) is 28.9 Å². The van der Waals surface area contributed by atoms with E-state index < -0.39 is 24.8 Å². The third-order valence-electron chi connectivity index (χ3n) is 6.73. The van der Waals surface area contributed by atoms with Crippen LogP contribution in [0.2, 0.25) is 0 Å². The Kier molecular flexibility index (Phi) is 9.66. The topological polar surface area (TPSA) is 65.6 Å². The smallest absolute Gasteiger partial charge is 0.393 e. The van der Waals surface area contributed by atoms with Gasteiger partial charge >= 0.3 is 6.18 Å². The van der Waals surface area contributed by atoms with Crippen LogP contribution in [0.1, 0.15) is 41.1 Å². The van der Waals surface area contributed by atoms with Crippen molar-refractivity contribution in [3.8, 4) is 17.6 Å². The molecule has 1 aromatic heterocycles. The van der Waals surface area contributed by atoms with Crippen LogP contribution in [-0.4, -0.2) is 69.0 Å². The van der Waals surface area contributed by atoms with E-state index >= 15 is 0 Å². The predicted molar refractivity (Wildman–Crippen MR) is 157 cm³/mol. The van der Waals surface area contributed by atoms with Crippen molar-refractivity contribution in [1.29, 1.82) is 0 Å². The lowest BCUT2D eigenvalue weighted by Gasteiger charge is -2.33. The molecule has 1 fully saturated rings. The van der Waals surface area contributed by atoms with E-state index in [4.69, 9.17) is 4.74 Å². The zero-order valence-electron chi connectivity index (χ0n) is 23.4. The van der Waals surface area contributed by atoms with E-state index in [1.807, 2.05) is 25.8 Å². The number of hydrogen-bond acceptors (Lipinski definition) is 6. The lowest BCUT2D eigenvalue weighted by molar-refractivity contribution is -0.126. The summed E-state index contributed by atoms with van der Waals surface area (Å²) in [5.41, 5.74) is 1.70. The Labute approximate surface area is 241 Å². The first-order chi connectivity index (χ1) is 19.4. The van der Waals surface area contributed by atoms with Gasteiger partial charge in [-0.05, 0) is 62.5 Å². The molecular weight excluding hydrogens is 556 g/mol. The molecule has 41 heavy (non-hydrogen) atoms. The molecule has 0 aliphatic carbocycles. The molecule has 0 saturated carbocycles. The fourth-order valence-electron chi connectivity index (χ4n) is 4.78. The van der Waals surface area contributed by atoms with Crippen LogP contribution >= 0.6 is 11.3 Å². The first-order valence-electron chi connectivity index (χ1n) is 13.4. The third-order valence-corrected chi connectivity index (χ3v) is 7.93. The molecule has 0 bridgehead atoms. The Bertz CT molecular complexity index is 1440.